The molecule has 0 unspecified atom stereocenters. The average Bonchev–Trinajstić information content (AvgIpc) is 2.49. The van der Waals surface area contributed by atoms with Gasteiger partial charge in [-0.25, -0.2) is 9.78 Å². The zero-order chi connectivity index (χ0) is 15.6. The van der Waals surface area contributed by atoms with Crippen LogP contribution in [0, 0.1) is 13.8 Å². The van der Waals surface area contributed by atoms with Crippen LogP contribution in [0.1, 0.15) is 21.5 Å². The molecule has 0 saturated heterocycles. The fraction of sp³-hybridized carbons (Fsp3) is 0.200. The summed E-state index contributed by atoms with van der Waals surface area (Å²) in [5.41, 5.74) is 2.16. The Hall–Kier alpha value is -1.59. The Bertz CT molecular complexity index is 686. The van der Waals surface area contributed by atoms with E-state index >= 15 is 0 Å². The number of aromatic nitrogens is 1. The molecule has 0 N–H and O–H groups in total. The van der Waals surface area contributed by atoms with Crippen molar-refractivity contribution in [3.05, 3.63) is 50.6 Å². The van der Waals surface area contributed by atoms with E-state index in [1.165, 1.54) is 13.3 Å². The van der Waals surface area contributed by atoms with Crippen molar-refractivity contribution < 1.29 is 14.3 Å². The molecule has 0 aliphatic rings. The molecular formula is C15H13BrClNO3. The normalized spacial score (nSPS) is 10.3. The van der Waals surface area contributed by atoms with E-state index in [2.05, 4.69) is 25.7 Å². The van der Waals surface area contributed by atoms with Gasteiger partial charge in [-0.2, -0.15) is 0 Å². The molecule has 0 spiro atoms. The number of nitrogens with zero attached hydrogens (tertiary/aromatic N) is 1. The van der Waals surface area contributed by atoms with Crippen LogP contribution in [0.15, 0.2) is 28.9 Å². The molecule has 2 rings (SSSR count). The molecule has 0 fully saturated rings. The molecule has 21 heavy (non-hydrogen) atoms. The lowest BCUT2D eigenvalue weighted by Gasteiger charge is -2.13. The summed E-state index contributed by atoms with van der Waals surface area (Å²) in [5, 5.41) is 0.631. The third-order valence-electron chi connectivity index (χ3n) is 2.94. The maximum Gasteiger partial charge on any atom is 0.339 e. The third-order valence-corrected chi connectivity index (χ3v) is 4.49. The van der Waals surface area contributed by atoms with E-state index in [0.717, 1.165) is 15.6 Å². The summed E-state index contributed by atoms with van der Waals surface area (Å²) in [6.07, 6.45) is 1.41. The fourth-order valence-corrected chi connectivity index (χ4v) is 2.43. The van der Waals surface area contributed by atoms with E-state index in [0.29, 0.717) is 22.2 Å². The Morgan fingerprint density at radius 3 is 2.62 bits per heavy atom. The van der Waals surface area contributed by atoms with Crippen LogP contribution in [0.3, 0.4) is 0 Å². The average molecular weight is 371 g/mol. The van der Waals surface area contributed by atoms with Crippen molar-refractivity contribution in [3.8, 4) is 11.6 Å². The number of esters is 1. The second-order valence-corrected chi connectivity index (χ2v) is 5.62. The van der Waals surface area contributed by atoms with E-state index in [4.69, 9.17) is 16.3 Å². The maximum absolute atomic E-state index is 11.3. The third kappa shape index (κ3) is 3.36. The van der Waals surface area contributed by atoms with E-state index in [9.17, 15) is 4.79 Å². The number of pyridine rings is 1. The molecule has 1 heterocycles. The molecule has 0 aliphatic carbocycles. The van der Waals surface area contributed by atoms with Crippen molar-refractivity contribution in [3.63, 3.8) is 0 Å². The molecule has 0 amide bonds. The molecule has 4 nitrogen and oxygen atoms in total. The van der Waals surface area contributed by atoms with Crippen molar-refractivity contribution in [1.29, 1.82) is 0 Å². The summed E-state index contributed by atoms with van der Waals surface area (Å²) in [6.45, 7) is 3.81. The first-order valence-corrected chi connectivity index (χ1v) is 7.28. The first-order chi connectivity index (χ1) is 9.93. The maximum atomic E-state index is 11.3. The number of ether oxygens (including phenoxy) is 2. The van der Waals surface area contributed by atoms with Crippen LogP contribution in [0.5, 0.6) is 11.6 Å². The number of methoxy groups -OCH3 is 1. The molecule has 0 aliphatic heterocycles. The minimum absolute atomic E-state index is 0.371. The number of carbonyl (C=O) groups excluding carboxylic acids is 1. The highest BCUT2D eigenvalue weighted by molar-refractivity contribution is 9.10. The Morgan fingerprint density at radius 2 is 2.05 bits per heavy atom. The largest absolute Gasteiger partial charge is 0.465 e. The van der Waals surface area contributed by atoms with Crippen molar-refractivity contribution in [2.45, 2.75) is 13.8 Å². The summed E-state index contributed by atoms with van der Waals surface area (Å²) in [7, 11) is 1.32. The summed E-state index contributed by atoms with van der Waals surface area (Å²) in [6, 6.07) is 5.04. The number of benzene rings is 1. The number of aryl methyl sites for hydroxylation is 1. The van der Waals surface area contributed by atoms with Crippen molar-refractivity contribution in [2.24, 2.45) is 0 Å². The predicted octanol–water partition coefficient (Wildman–Crippen LogP) is 4.69. The minimum atomic E-state index is -0.435. The molecule has 0 bridgehead atoms. The van der Waals surface area contributed by atoms with Crippen molar-refractivity contribution >= 4 is 33.5 Å². The lowest BCUT2D eigenvalue weighted by atomic mass is 10.1. The lowest BCUT2D eigenvalue weighted by molar-refractivity contribution is 0.0600. The topological polar surface area (TPSA) is 48.4 Å². The molecule has 6 heteroatoms. The minimum Gasteiger partial charge on any atom is -0.465 e. The molecule has 0 radical (unpaired) electrons. The molecule has 110 valence electrons. The standard InChI is InChI=1S/C15H13BrClNO3/c1-8-6-11(17)13(16)9(2)14(8)21-12-5-4-10(7-18-12)15(19)20-3/h4-7H,1-3H3. The lowest BCUT2D eigenvalue weighted by Crippen LogP contribution is -2.02. The highest BCUT2D eigenvalue weighted by Gasteiger charge is 2.13. The molecular weight excluding hydrogens is 358 g/mol. The number of hydrogen-bond donors (Lipinski definition) is 0. The van der Waals surface area contributed by atoms with Crippen LogP contribution >= 0.6 is 27.5 Å². The first-order valence-electron chi connectivity index (χ1n) is 6.11. The quantitative estimate of drug-likeness (QED) is 0.735. The van der Waals surface area contributed by atoms with Gasteiger partial charge in [0.05, 0.1) is 17.7 Å². The van der Waals surface area contributed by atoms with Crippen molar-refractivity contribution in [1.82, 2.24) is 4.98 Å². The second-order valence-electron chi connectivity index (χ2n) is 4.42. The van der Waals surface area contributed by atoms with Gasteiger partial charge < -0.3 is 9.47 Å². The summed E-state index contributed by atoms with van der Waals surface area (Å²) in [4.78, 5) is 15.5. The zero-order valence-corrected chi connectivity index (χ0v) is 14.1. The molecule has 1 aromatic heterocycles. The number of halogens is 2. The predicted molar refractivity (Wildman–Crippen MR) is 84.3 cm³/mol. The Balaban J connectivity index is 2.31. The molecule has 0 saturated carbocycles. The van der Waals surface area contributed by atoms with Gasteiger partial charge in [0.2, 0.25) is 5.88 Å². The van der Waals surface area contributed by atoms with Gasteiger partial charge in [-0.15, -0.1) is 0 Å². The number of carbonyl (C=O) groups is 1. The van der Waals surface area contributed by atoms with Gasteiger partial charge in [0.1, 0.15) is 5.75 Å². The zero-order valence-electron chi connectivity index (χ0n) is 11.7. The monoisotopic (exact) mass is 369 g/mol. The van der Waals surface area contributed by atoms with E-state index < -0.39 is 5.97 Å². The Morgan fingerprint density at radius 1 is 1.33 bits per heavy atom. The van der Waals surface area contributed by atoms with Gasteiger partial charge in [-0.3, -0.25) is 0 Å². The van der Waals surface area contributed by atoms with Gasteiger partial charge in [-0.1, -0.05) is 11.6 Å². The highest BCUT2D eigenvalue weighted by Crippen LogP contribution is 2.37. The summed E-state index contributed by atoms with van der Waals surface area (Å²) < 4.78 is 11.2. The molecule has 0 atom stereocenters. The Kier molecular flexibility index (Phi) is 4.85. The molecule has 1 aromatic carbocycles. The smallest absolute Gasteiger partial charge is 0.339 e. The molecule has 2 aromatic rings. The number of hydrogen-bond acceptors (Lipinski definition) is 4. The number of rotatable bonds is 3. The van der Waals surface area contributed by atoms with Gasteiger partial charge in [0.15, 0.2) is 0 Å². The summed E-state index contributed by atoms with van der Waals surface area (Å²) >= 11 is 9.52. The van der Waals surface area contributed by atoms with E-state index in [1.54, 1.807) is 12.1 Å². The fourth-order valence-electron chi connectivity index (χ4n) is 1.83. The van der Waals surface area contributed by atoms with Crippen molar-refractivity contribution in [2.75, 3.05) is 7.11 Å². The SMILES string of the molecule is COC(=O)c1ccc(Oc2c(C)cc(Cl)c(Br)c2C)nc1. The van der Waals surface area contributed by atoms with Gasteiger partial charge in [0.25, 0.3) is 0 Å². The van der Waals surface area contributed by atoms with Crippen LogP contribution < -0.4 is 4.74 Å². The van der Waals surface area contributed by atoms with Crippen LogP contribution in [-0.4, -0.2) is 18.1 Å². The van der Waals surface area contributed by atoms with Crippen LogP contribution in [-0.2, 0) is 4.74 Å². The van der Waals surface area contributed by atoms with Gasteiger partial charge in [-0.05, 0) is 47.5 Å². The van der Waals surface area contributed by atoms with Gasteiger partial charge >= 0.3 is 5.97 Å². The van der Waals surface area contributed by atoms with Gasteiger partial charge in [0, 0.05) is 22.3 Å². The van der Waals surface area contributed by atoms with E-state index in [1.807, 2.05) is 19.9 Å². The van der Waals surface area contributed by atoms with Crippen LogP contribution in [0.4, 0.5) is 0 Å². The summed E-state index contributed by atoms with van der Waals surface area (Å²) in [5.74, 6) is 0.642. The van der Waals surface area contributed by atoms with Crippen LogP contribution in [0.2, 0.25) is 5.02 Å². The van der Waals surface area contributed by atoms with E-state index in [-0.39, 0.29) is 0 Å². The Labute approximate surface area is 136 Å². The van der Waals surface area contributed by atoms with Crippen LogP contribution in [0.25, 0.3) is 0 Å². The highest BCUT2D eigenvalue weighted by atomic mass is 79.9. The first kappa shape index (κ1) is 15.8. The second kappa shape index (κ2) is 6.45.